The topological polar surface area (TPSA) is 98.6 Å². The van der Waals surface area contributed by atoms with Gasteiger partial charge < -0.3 is 21.3 Å². The van der Waals surface area contributed by atoms with Crippen molar-refractivity contribution in [1.82, 2.24) is 0 Å². The van der Waals surface area contributed by atoms with Gasteiger partial charge in [0.15, 0.2) is 6.04 Å². The highest BCUT2D eigenvalue weighted by molar-refractivity contribution is 5.77. The van der Waals surface area contributed by atoms with Gasteiger partial charge in [0.2, 0.25) is 0 Å². The molecule has 0 aromatic rings. The minimum Gasteiger partial charge on any atom is -0.459 e. The van der Waals surface area contributed by atoms with Crippen LogP contribution in [0.4, 0.5) is 8.78 Å². The minimum absolute atomic E-state index is 0.927. The van der Waals surface area contributed by atoms with E-state index >= 15 is 0 Å². The number of aliphatic hydroxyl groups excluding tert-OH is 1. The van der Waals surface area contributed by atoms with Crippen molar-refractivity contribution in [2.45, 2.75) is 57.4 Å². The molecular formula is C10H20F2N2O3. The molecule has 0 heterocycles. The Labute approximate surface area is 99.1 Å². The van der Waals surface area contributed by atoms with E-state index in [0.717, 1.165) is 0 Å². The summed E-state index contributed by atoms with van der Waals surface area (Å²) in [5.74, 6) is -5.11. The van der Waals surface area contributed by atoms with Gasteiger partial charge in [0.25, 0.3) is 5.92 Å². The highest BCUT2D eigenvalue weighted by atomic mass is 19.3. The Morgan fingerprint density at radius 1 is 1.29 bits per heavy atom. The second-order valence-corrected chi connectivity index (χ2v) is 4.99. The summed E-state index contributed by atoms with van der Waals surface area (Å²) >= 11 is 0. The Hall–Kier alpha value is -0.790. The molecule has 0 aromatic heterocycles. The van der Waals surface area contributed by atoms with Gasteiger partial charge in [-0.1, -0.05) is 0 Å². The molecular weight excluding hydrogens is 234 g/mol. The molecule has 0 saturated carbocycles. The lowest BCUT2D eigenvalue weighted by atomic mass is 10.00. The highest BCUT2D eigenvalue weighted by Gasteiger charge is 2.51. The number of rotatable bonds is 4. The molecule has 0 radical (unpaired) electrons. The monoisotopic (exact) mass is 254 g/mol. The van der Waals surface area contributed by atoms with Crippen molar-refractivity contribution in [3.63, 3.8) is 0 Å². The quantitative estimate of drug-likeness (QED) is 0.613. The second kappa shape index (κ2) is 5.24. The number of aliphatic hydroxyl groups is 1. The van der Waals surface area contributed by atoms with Crippen LogP contribution in [0.1, 0.15) is 27.7 Å². The number of alkyl halides is 2. The maximum absolute atomic E-state index is 13.5. The predicted molar refractivity (Wildman–Crippen MR) is 58.4 cm³/mol. The summed E-state index contributed by atoms with van der Waals surface area (Å²) in [4.78, 5) is 11.4. The van der Waals surface area contributed by atoms with Gasteiger partial charge in [0.1, 0.15) is 11.7 Å². The molecule has 0 spiro atoms. The number of esters is 1. The van der Waals surface area contributed by atoms with Crippen LogP contribution in [0.3, 0.4) is 0 Å². The van der Waals surface area contributed by atoms with Gasteiger partial charge in [-0.15, -0.1) is 0 Å². The maximum Gasteiger partial charge on any atom is 0.329 e. The molecule has 0 saturated heterocycles. The van der Waals surface area contributed by atoms with Crippen LogP contribution in [0.2, 0.25) is 0 Å². The first-order valence-electron chi connectivity index (χ1n) is 5.19. The van der Waals surface area contributed by atoms with E-state index in [-0.39, 0.29) is 0 Å². The molecule has 0 amide bonds. The van der Waals surface area contributed by atoms with Crippen LogP contribution in [0.15, 0.2) is 0 Å². The highest BCUT2D eigenvalue weighted by Crippen LogP contribution is 2.25. The van der Waals surface area contributed by atoms with Crippen molar-refractivity contribution in [3.8, 4) is 0 Å². The van der Waals surface area contributed by atoms with E-state index in [2.05, 4.69) is 0 Å². The number of halogens is 2. The van der Waals surface area contributed by atoms with E-state index in [0.29, 0.717) is 0 Å². The van der Waals surface area contributed by atoms with Crippen molar-refractivity contribution in [2.24, 2.45) is 11.5 Å². The zero-order chi connectivity index (χ0) is 14.0. The van der Waals surface area contributed by atoms with Gasteiger partial charge >= 0.3 is 5.97 Å². The van der Waals surface area contributed by atoms with Gasteiger partial charge in [-0.2, -0.15) is 0 Å². The van der Waals surface area contributed by atoms with Gasteiger partial charge in [0, 0.05) is 6.04 Å². The number of nitrogens with two attached hydrogens (primary N) is 2. The van der Waals surface area contributed by atoms with Crippen LogP contribution in [0.25, 0.3) is 0 Å². The molecule has 3 unspecified atom stereocenters. The number of hydrogen-bond donors (Lipinski definition) is 3. The Morgan fingerprint density at radius 2 is 1.71 bits per heavy atom. The van der Waals surface area contributed by atoms with Gasteiger partial charge in [-0.05, 0) is 27.7 Å². The number of hydrogen-bond acceptors (Lipinski definition) is 5. The molecule has 17 heavy (non-hydrogen) atoms. The molecule has 3 atom stereocenters. The SMILES string of the molecule is CC(N)C(O)C(F)(F)C(N)C(=O)OC(C)(C)C. The number of carbonyl (C=O) groups is 1. The van der Waals surface area contributed by atoms with E-state index in [4.69, 9.17) is 16.2 Å². The third-order valence-corrected chi connectivity index (χ3v) is 1.97. The molecule has 0 rings (SSSR count). The fourth-order valence-electron chi connectivity index (χ4n) is 1.06. The second-order valence-electron chi connectivity index (χ2n) is 4.99. The summed E-state index contributed by atoms with van der Waals surface area (Å²) in [7, 11) is 0. The fraction of sp³-hybridized carbons (Fsp3) is 0.900. The van der Waals surface area contributed by atoms with Crippen LogP contribution in [-0.4, -0.2) is 40.8 Å². The molecule has 102 valence electrons. The Kier molecular flexibility index (Phi) is 5.00. The summed E-state index contributed by atoms with van der Waals surface area (Å²) < 4.78 is 31.8. The molecule has 5 N–H and O–H groups in total. The fourth-order valence-corrected chi connectivity index (χ4v) is 1.06. The summed E-state index contributed by atoms with van der Waals surface area (Å²) in [6.45, 7) is 5.77. The number of carbonyl (C=O) groups excluding carboxylic acids is 1. The summed E-state index contributed by atoms with van der Waals surface area (Å²) in [5, 5.41) is 9.21. The average molecular weight is 254 g/mol. The van der Waals surface area contributed by atoms with Crippen LogP contribution in [0.5, 0.6) is 0 Å². The Morgan fingerprint density at radius 3 is 2.00 bits per heavy atom. The molecule has 7 heteroatoms. The van der Waals surface area contributed by atoms with Crippen molar-refractivity contribution in [1.29, 1.82) is 0 Å². The predicted octanol–water partition coefficient (Wildman–Crippen LogP) is -0.00120. The molecule has 0 aliphatic rings. The third kappa shape index (κ3) is 4.53. The van der Waals surface area contributed by atoms with E-state index < -0.39 is 35.7 Å². The Balaban J connectivity index is 4.79. The molecule has 0 aromatic carbocycles. The lowest BCUT2D eigenvalue weighted by molar-refractivity contribution is -0.179. The largest absolute Gasteiger partial charge is 0.459 e. The standard InChI is InChI=1S/C10H20F2N2O3/c1-5(13)7(15)10(11,12)6(14)8(16)17-9(2,3)4/h5-7,15H,13-14H2,1-4H3. The lowest BCUT2D eigenvalue weighted by Crippen LogP contribution is -2.59. The Bertz CT molecular complexity index is 277. The normalized spacial score (nSPS) is 18.4. The van der Waals surface area contributed by atoms with Crippen LogP contribution in [-0.2, 0) is 9.53 Å². The summed E-state index contributed by atoms with van der Waals surface area (Å²) in [6.07, 6.45) is -2.20. The zero-order valence-corrected chi connectivity index (χ0v) is 10.4. The lowest BCUT2D eigenvalue weighted by Gasteiger charge is -2.30. The van der Waals surface area contributed by atoms with Crippen LogP contribution >= 0.6 is 0 Å². The molecule has 0 aliphatic heterocycles. The molecule has 0 fully saturated rings. The first kappa shape index (κ1) is 16.2. The smallest absolute Gasteiger partial charge is 0.329 e. The number of ether oxygens (including phenoxy) is 1. The molecule has 0 bridgehead atoms. The average Bonchev–Trinajstić information content (AvgIpc) is 2.12. The van der Waals surface area contributed by atoms with Crippen molar-refractivity contribution >= 4 is 5.97 Å². The minimum atomic E-state index is -3.84. The first-order chi connectivity index (χ1) is 7.39. The maximum atomic E-state index is 13.5. The van der Waals surface area contributed by atoms with E-state index in [1.807, 2.05) is 0 Å². The van der Waals surface area contributed by atoms with Gasteiger partial charge in [-0.3, -0.25) is 4.79 Å². The summed E-state index contributed by atoms with van der Waals surface area (Å²) in [6, 6.07) is -3.46. The van der Waals surface area contributed by atoms with Crippen LogP contribution in [0, 0.1) is 0 Å². The van der Waals surface area contributed by atoms with E-state index in [1.165, 1.54) is 27.7 Å². The van der Waals surface area contributed by atoms with Crippen molar-refractivity contribution < 1.29 is 23.4 Å². The first-order valence-corrected chi connectivity index (χ1v) is 5.19. The van der Waals surface area contributed by atoms with E-state index in [1.54, 1.807) is 0 Å². The van der Waals surface area contributed by atoms with E-state index in [9.17, 15) is 18.7 Å². The molecule has 5 nitrogen and oxygen atoms in total. The van der Waals surface area contributed by atoms with Gasteiger partial charge in [-0.25, -0.2) is 8.78 Å². The zero-order valence-electron chi connectivity index (χ0n) is 10.4. The summed E-state index contributed by atoms with van der Waals surface area (Å²) in [5.41, 5.74) is 9.32. The van der Waals surface area contributed by atoms with Crippen molar-refractivity contribution in [3.05, 3.63) is 0 Å². The molecule has 0 aliphatic carbocycles. The third-order valence-electron chi connectivity index (χ3n) is 1.97. The van der Waals surface area contributed by atoms with Crippen molar-refractivity contribution in [2.75, 3.05) is 0 Å². The van der Waals surface area contributed by atoms with Crippen LogP contribution < -0.4 is 11.5 Å². The van der Waals surface area contributed by atoms with Gasteiger partial charge in [0.05, 0.1) is 0 Å².